The first kappa shape index (κ1) is 10.0. The molecule has 2 heteroatoms. The van der Waals surface area contributed by atoms with Crippen molar-refractivity contribution in [2.75, 3.05) is 0 Å². The van der Waals surface area contributed by atoms with Crippen molar-refractivity contribution < 1.29 is 9.90 Å². The highest BCUT2D eigenvalue weighted by atomic mass is 16.4. The van der Waals surface area contributed by atoms with E-state index < -0.39 is 5.97 Å². The molecule has 1 N–H and O–H groups in total. The lowest BCUT2D eigenvalue weighted by Gasteiger charge is -2.40. The molecule has 0 aromatic heterocycles. The molecule has 80 valence electrons. The number of carboxylic acid groups (broad SMARTS) is 1. The SMILES string of the molecule is O=C(O)C[C@@H]1CCC[C@H]2CCCC[C@@H]21. The molecule has 0 spiro atoms. The van der Waals surface area contributed by atoms with Gasteiger partial charge >= 0.3 is 5.97 Å². The summed E-state index contributed by atoms with van der Waals surface area (Å²) in [5.74, 6) is 1.50. The molecule has 2 fully saturated rings. The lowest BCUT2D eigenvalue weighted by atomic mass is 9.65. The van der Waals surface area contributed by atoms with E-state index in [-0.39, 0.29) is 0 Å². The van der Waals surface area contributed by atoms with E-state index in [0.717, 1.165) is 18.3 Å². The standard InChI is InChI=1S/C12H20O2/c13-12(14)8-10-6-3-5-9-4-1-2-7-11(9)10/h9-11H,1-8H2,(H,13,14)/t9-,10+,11+/m1/s1. The summed E-state index contributed by atoms with van der Waals surface area (Å²) in [6.07, 6.45) is 9.57. The fraction of sp³-hybridized carbons (Fsp3) is 0.917. The number of rotatable bonds is 2. The lowest BCUT2D eigenvalue weighted by molar-refractivity contribution is -0.139. The van der Waals surface area contributed by atoms with Gasteiger partial charge in [-0.25, -0.2) is 0 Å². The minimum atomic E-state index is -0.596. The van der Waals surface area contributed by atoms with Crippen molar-refractivity contribution in [3.8, 4) is 0 Å². The van der Waals surface area contributed by atoms with E-state index in [2.05, 4.69) is 0 Å². The predicted octanol–water partition coefficient (Wildman–Crippen LogP) is 3.07. The fourth-order valence-corrected chi connectivity index (χ4v) is 3.55. The molecule has 0 amide bonds. The molecule has 2 rings (SSSR count). The van der Waals surface area contributed by atoms with Gasteiger partial charge in [-0.2, -0.15) is 0 Å². The van der Waals surface area contributed by atoms with Crippen LogP contribution in [-0.2, 0) is 4.79 Å². The topological polar surface area (TPSA) is 37.3 Å². The molecule has 0 radical (unpaired) electrons. The summed E-state index contributed by atoms with van der Waals surface area (Å²) in [6.45, 7) is 0. The number of aliphatic carboxylic acids is 1. The molecule has 0 heterocycles. The zero-order chi connectivity index (χ0) is 9.97. The van der Waals surface area contributed by atoms with Crippen LogP contribution in [0.2, 0.25) is 0 Å². The van der Waals surface area contributed by atoms with Crippen LogP contribution in [0.4, 0.5) is 0 Å². The van der Waals surface area contributed by atoms with Crippen molar-refractivity contribution in [3.05, 3.63) is 0 Å². The molecule has 0 saturated heterocycles. The van der Waals surface area contributed by atoms with Gasteiger partial charge in [0.15, 0.2) is 0 Å². The second kappa shape index (κ2) is 4.33. The Bertz CT molecular complexity index is 210. The highest BCUT2D eigenvalue weighted by Gasteiger charge is 2.35. The smallest absolute Gasteiger partial charge is 0.303 e. The van der Waals surface area contributed by atoms with Crippen LogP contribution in [0.3, 0.4) is 0 Å². The summed E-state index contributed by atoms with van der Waals surface area (Å²) < 4.78 is 0. The summed E-state index contributed by atoms with van der Waals surface area (Å²) in [6, 6.07) is 0. The Balaban J connectivity index is 1.97. The van der Waals surface area contributed by atoms with Gasteiger partial charge in [-0.1, -0.05) is 32.1 Å². The third-order valence-corrected chi connectivity index (χ3v) is 4.16. The van der Waals surface area contributed by atoms with Crippen LogP contribution < -0.4 is 0 Å². The van der Waals surface area contributed by atoms with Crippen molar-refractivity contribution in [1.82, 2.24) is 0 Å². The summed E-state index contributed by atoms with van der Waals surface area (Å²) in [7, 11) is 0. The van der Waals surface area contributed by atoms with E-state index in [1.165, 1.54) is 38.5 Å². The van der Waals surface area contributed by atoms with Gasteiger partial charge in [-0.15, -0.1) is 0 Å². The Morgan fingerprint density at radius 1 is 1.07 bits per heavy atom. The molecule has 2 nitrogen and oxygen atoms in total. The maximum Gasteiger partial charge on any atom is 0.303 e. The number of carboxylic acids is 1. The first-order chi connectivity index (χ1) is 6.77. The van der Waals surface area contributed by atoms with Crippen molar-refractivity contribution in [2.45, 2.75) is 51.4 Å². The van der Waals surface area contributed by atoms with Gasteiger partial charge in [-0.05, 0) is 30.6 Å². The molecule has 0 aliphatic heterocycles. The third-order valence-electron chi connectivity index (χ3n) is 4.16. The Labute approximate surface area is 85.7 Å². The van der Waals surface area contributed by atoms with Crippen LogP contribution in [0.25, 0.3) is 0 Å². The van der Waals surface area contributed by atoms with Crippen molar-refractivity contribution >= 4 is 5.97 Å². The summed E-state index contributed by atoms with van der Waals surface area (Å²) >= 11 is 0. The Kier molecular flexibility index (Phi) is 3.09. The van der Waals surface area contributed by atoms with Gasteiger partial charge in [0.1, 0.15) is 0 Å². The normalized spacial score (nSPS) is 37.6. The van der Waals surface area contributed by atoms with E-state index in [4.69, 9.17) is 5.11 Å². The number of hydrogen-bond donors (Lipinski definition) is 1. The molecule has 0 aromatic rings. The number of hydrogen-bond acceptors (Lipinski definition) is 1. The zero-order valence-electron chi connectivity index (χ0n) is 8.74. The molecule has 14 heavy (non-hydrogen) atoms. The van der Waals surface area contributed by atoms with E-state index in [9.17, 15) is 4.79 Å². The van der Waals surface area contributed by atoms with Gasteiger partial charge in [0.05, 0.1) is 0 Å². The second-order valence-electron chi connectivity index (χ2n) is 5.00. The van der Waals surface area contributed by atoms with Crippen molar-refractivity contribution in [1.29, 1.82) is 0 Å². The maximum absolute atomic E-state index is 10.7. The van der Waals surface area contributed by atoms with Crippen molar-refractivity contribution in [2.24, 2.45) is 17.8 Å². The van der Waals surface area contributed by atoms with Crippen LogP contribution in [0.5, 0.6) is 0 Å². The molecule has 0 bridgehead atoms. The average molecular weight is 196 g/mol. The van der Waals surface area contributed by atoms with Gasteiger partial charge in [0.25, 0.3) is 0 Å². The third kappa shape index (κ3) is 2.10. The van der Waals surface area contributed by atoms with E-state index >= 15 is 0 Å². The average Bonchev–Trinajstić information content (AvgIpc) is 2.18. The van der Waals surface area contributed by atoms with Crippen LogP contribution in [0, 0.1) is 17.8 Å². The van der Waals surface area contributed by atoms with Crippen molar-refractivity contribution in [3.63, 3.8) is 0 Å². The number of carbonyl (C=O) groups is 1. The highest BCUT2D eigenvalue weighted by molar-refractivity contribution is 5.67. The van der Waals surface area contributed by atoms with Gasteiger partial charge in [0.2, 0.25) is 0 Å². The molecule has 0 unspecified atom stereocenters. The molecular formula is C12H20O2. The fourth-order valence-electron chi connectivity index (χ4n) is 3.55. The van der Waals surface area contributed by atoms with Gasteiger partial charge in [0, 0.05) is 6.42 Å². The Morgan fingerprint density at radius 2 is 1.79 bits per heavy atom. The summed E-state index contributed by atoms with van der Waals surface area (Å²) in [5.41, 5.74) is 0. The predicted molar refractivity (Wildman–Crippen MR) is 55.0 cm³/mol. The molecule has 3 atom stereocenters. The Hall–Kier alpha value is -0.530. The maximum atomic E-state index is 10.7. The van der Waals surface area contributed by atoms with Crippen LogP contribution in [0.15, 0.2) is 0 Å². The molecule has 2 aliphatic rings. The van der Waals surface area contributed by atoms with E-state index in [0.29, 0.717) is 12.3 Å². The second-order valence-corrected chi connectivity index (χ2v) is 5.00. The molecule has 2 saturated carbocycles. The largest absolute Gasteiger partial charge is 0.481 e. The van der Waals surface area contributed by atoms with Gasteiger partial charge < -0.3 is 5.11 Å². The minimum absolute atomic E-state index is 0.418. The van der Waals surface area contributed by atoms with E-state index in [1.807, 2.05) is 0 Å². The molecule has 2 aliphatic carbocycles. The first-order valence-corrected chi connectivity index (χ1v) is 5.99. The summed E-state index contributed by atoms with van der Waals surface area (Å²) in [4.78, 5) is 10.7. The highest BCUT2D eigenvalue weighted by Crippen LogP contribution is 2.44. The van der Waals surface area contributed by atoms with Gasteiger partial charge in [-0.3, -0.25) is 4.79 Å². The van der Waals surface area contributed by atoms with Crippen LogP contribution in [-0.4, -0.2) is 11.1 Å². The Morgan fingerprint density at radius 3 is 2.57 bits per heavy atom. The zero-order valence-corrected chi connectivity index (χ0v) is 8.74. The van der Waals surface area contributed by atoms with E-state index in [1.54, 1.807) is 0 Å². The first-order valence-electron chi connectivity index (χ1n) is 5.99. The number of fused-ring (bicyclic) bond motifs is 1. The monoisotopic (exact) mass is 196 g/mol. The molecule has 0 aromatic carbocycles. The quantitative estimate of drug-likeness (QED) is 0.737. The summed E-state index contributed by atoms with van der Waals surface area (Å²) in [5, 5.41) is 8.86. The van der Waals surface area contributed by atoms with Crippen LogP contribution in [0.1, 0.15) is 51.4 Å². The van der Waals surface area contributed by atoms with Crippen LogP contribution >= 0.6 is 0 Å². The lowest BCUT2D eigenvalue weighted by Crippen LogP contribution is -2.32. The minimum Gasteiger partial charge on any atom is -0.481 e. The molecular weight excluding hydrogens is 176 g/mol.